The van der Waals surface area contributed by atoms with Crippen molar-refractivity contribution in [3.63, 3.8) is 0 Å². The Bertz CT molecular complexity index is 238. The SMILES string of the molecule is O=C([O-])CC(O)(CC(=O)[O-])C(=O)[O-].[Al+3].[Ca+2]. The van der Waals surface area contributed by atoms with Crippen LogP contribution < -0.4 is 15.3 Å². The molecule has 0 saturated heterocycles. The van der Waals surface area contributed by atoms with Crippen LogP contribution >= 0.6 is 0 Å². The average Bonchev–Trinajstić information content (AvgIpc) is 1.82. The van der Waals surface area contributed by atoms with Crippen LogP contribution in [0.3, 0.4) is 0 Å². The Morgan fingerprint density at radius 3 is 1.40 bits per heavy atom. The third-order valence-electron chi connectivity index (χ3n) is 1.25. The summed E-state index contributed by atoms with van der Waals surface area (Å²) in [5.74, 6) is -5.98. The van der Waals surface area contributed by atoms with Crippen molar-refractivity contribution in [2.24, 2.45) is 0 Å². The van der Waals surface area contributed by atoms with E-state index in [1.807, 2.05) is 0 Å². The number of aliphatic hydroxyl groups is 1. The minimum atomic E-state index is -2.97. The summed E-state index contributed by atoms with van der Waals surface area (Å²) in [7, 11) is 0. The minimum Gasteiger partial charge on any atom is -0.550 e. The monoisotopic (exact) mass is 256 g/mol. The van der Waals surface area contributed by atoms with Crippen molar-refractivity contribution >= 4 is 73.0 Å². The van der Waals surface area contributed by atoms with Crippen molar-refractivity contribution in [3.8, 4) is 0 Å². The predicted octanol–water partition coefficient (Wildman–Crippen LogP) is -6.01. The first-order chi connectivity index (χ1) is 5.78. The predicted molar refractivity (Wildman–Crippen MR) is 40.7 cm³/mol. The van der Waals surface area contributed by atoms with Crippen LogP contribution in [0.2, 0.25) is 0 Å². The summed E-state index contributed by atoms with van der Waals surface area (Å²) < 4.78 is 0. The number of carboxylic acid groups (broad SMARTS) is 3. The van der Waals surface area contributed by atoms with Gasteiger partial charge in [0.05, 0.1) is 5.97 Å². The number of carboxylic acids is 3. The van der Waals surface area contributed by atoms with Gasteiger partial charge in [-0.25, -0.2) is 0 Å². The van der Waals surface area contributed by atoms with Gasteiger partial charge in [0.25, 0.3) is 0 Å². The fourth-order valence-electron chi connectivity index (χ4n) is 0.684. The molecule has 0 aliphatic heterocycles. The molecule has 0 radical (unpaired) electrons. The minimum absolute atomic E-state index is 0. The van der Waals surface area contributed by atoms with Crippen LogP contribution in [0.15, 0.2) is 0 Å². The zero-order chi connectivity index (χ0) is 10.6. The fourth-order valence-corrected chi connectivity index (χ4v) is 0.684. The van der Waals surface area contributed by atoms with E-state index in [-0.39, 0.29) is 55.1 Å². The number of carbonyl (C=O) groups is 3. The topological polar surface area (TPSA) is 141 Å². The molecular weight excluding hydrogens is 251 g/mol. The maximum atomic E-state index is 10.1. The van der Waals surface area contributed by atoms with Crippen LogP contribution in [0, 0.1) is 0 Å². The van der Waals surface area contributed by atoms with Gasteiger partial charge in [0.15, 0.2) is 0 Å². The van der Waals surface area contributed by atoms with E-state index in [0.29, 0.717) is 0 Å². The van der Waals surface area contributed by atoms with Crippen LogP contribution in [0.25, 0.3) is 0 Å². The quantitative estimate of drug-likeness (QED) is 0.482. The number of hydrogen-bond donors (Lipinski definition) is 1. The van der Waals surface area contributed by atoms with Crippen molar-refractivity contribution in [2.75, 3.05) is 0 Å². The van der Waals surface area contributed by atoms with E-state index in [9.17, 15) is 29.7 Å². The third-order valence-corrected chi connectivity index (χ3v) is 1.25. The molecule has 1 N–H and O–H groups in total. The molecule has 0 bridgehead atoms. The second-order valence-corrected chi connectivity index (χ2v) is 2.42. The van der Waals surface area contributed by atoms with Crippen molar-refractivity contribution < 1.29 is 34.8 Å². The maximum absolute atomic E-state index is 10.1. The van der Waals surface area contributed by atoms with Crippen molar-refractivity contribution in [3.05, 3.63) is 0 Å². The third kappa shape index (κ3) is 8.02. The Hall–Kier alpha value is 0.162. The number of hydrogen-bond acceptors (Lipinski definition) is 7. The molecule has 74 valence electrons. The Labute approximate surface area is 125 Å². The van der Waals surface area contributed by atoms with Gasteiger partial charge in [-0.05, 0) is 0 Å². The van der Waals surface area contributed by atoms with Crippen LogP contribution in [0.5, 0.6) is 0 Å². The molecule has 0 spiro atoms. The molecule has 0 unspecified atom stereocenters. The Kier molecular flexibility index (Phi) is 11.4. The normalized spacial score (nSPS) is 9.40. The van der Waals surface area contributed by atoms with E-state index in [2.05, 4.69) is 0 Å². The number of rotatable bonds is 5. The molecule has 7 nitrogen and oxygen atoms in total. The van der Waals surface area contributed by atoms with Gasteiger partial charge >= 0.3 is 55.1 Å². The molecule has 0 aromatic carbocycles. The first kappa shape index (κ1) is 20.6. The van der Waals surface area contributed by atoms with Gasteiger partial charge in [-0.3, -0.25) is 0 Å². The van der Waals surface area contributed by atoms with Crippen LogP contribution in [-0.2, 0) is 14.4 Å². The Morgan fingerprint density at radius 2 is 1.27 bits per heavy atom. The van der Waals surface area contributed by atoms with E-state index >= 15 is 0 Å². The Morgan fingerprint density at radius 1 is 1.00 bits per heavy atom. The van der Waals surface area contributed by atoms with Crippen molar-refractivity contribution in [1.82, 2.24) is 0 Å². The van der Waals surface area contributed by atoms with Gasteiger partial charge < -0.3 is 34.8 Å². The van der Waals surface area contributed by atoms with Crippen molar-refractivity contribution in [1.29, 1.82) is 0 Å². The fraction of sp³-hybridized carbons (Fsp3) is 0.500. The first-order valence-electron chi connectivity index (χ1n) is 3.11. The summed E-state index contributed by atoms with van der Waals surface area (Å²) in [6.07, 6.45) is -2.72. The summed E-state index contributed by atoms with van der Waals surface area (Å²) in [5, 5.41) is 38.9. The molecule has 0 rings (SSSR count). The summed E-state index contributed by atoms with van der Waals surface area (Å²) in [5.41, 5.74) is -2.97. The Balaban J connectivity index is -0.000000720. The van der Waals surface area contributed by atoms with E-state index in [1.165, 1.54) is 0 Å². The molecule has 0 aromatic rings. The largest absolute Gasteiger partial charge is 3.00 e. The summed E-state index contributed by atoms with van der Waals surface area (Å²) in [6.45, 7) is 0. The first-order valence-corrected chi connectivity index (χ1v) is 3.11. The standard InChI is InChI=1S/C6H8O7.Al.Ca/c7-3(8)1-6(13,5(11)12)2-4(9)10;;/h13H,1-2H2,(H,7,8)(H,9,10)(H,11,12);;/q;+3;+2/p-3. The van der Waals surface area contributed by atoms with Crippen molar-refractivity contribution in [2.45, 2.75) is 18.4 Å². The molecule has 0 saturated carbocycles. The summed E-state index contributed by atoms with van der Waals surface area (Å²) in [4.78, 5) is 30.0. The molecule has 0 fully saturated rings. The summed E-state index contributed by atoms with van der Waals surface area (Å²) in [6, 6.07) is 0. The molecule has 9 heteroatoms. The smallest absolute Gasteiger partial charge is 0.550 e. The molecule has 0 aliphatic rings. The van der Waals surface area contributed by atoms with Gasteiger partial charge in [0.2, 0.25) is 0 Å². The van der Waals surface area contributed by atoms with Gasteiger partial charge in [0.1, 0.15) is 5.60 Å². The van der Waals surface area contributed by atoms with E-state index in [4.69, 9.17) is 5.11 Å². The van der Waals surface area contributed by atoms with E-state index in [0.717, 1.165) is 0 Å². The zero-order valence-electron chi connectivity index (χ0n) is 7.60. The number of carbonyl (C=O) groups excluding carboxylic acids is 3. The van der Waals surface area contributed by atoms with Gasteiger partial charge in [-0.15, -0.1) is 0 Å². The second kappa shape index (κ2) is 8.33. The molecule has 0 heterocycles. The van der Waals surface area contributed by atoms with Crippen LogP contribution in [0.1, 0.15) is 12.8 Å². The second-order valence-electron chi connectivity index (χ2n) is 2.42. The summed E-state index contributed by atoms with van der Waals surface area (Å²) >= 11 is 0. The molecule has 0 aliphatic carbocycles. The van der Waals surface area contributed by atoms with E-state index < -0.39 is 36.4 Å². The van der Waals surface area contributed by atoms with E-state index in [1.54, 1.807) is 0 Å². The van der Waals surface area contributed by atoms with Crippen LogP contribution in [0.4, 0.5) is 0 Å². The molecule has 0 aromatic heterocycles. The maximum Gasteiger partial charge on any atom is 3.00 e. The number of aliphatic carboxylic acids is 3. The van der Waals surface area contributed by atoms with Gasteiger partial charge in [-0.2, -0.15) is 0 Å². The molecule has 0 atom stereocenters. The molecular formula is C6H5AlCaO7+2. The molecule has 0 amide bonds. The van der Waals surface area contributed by atoms with Gasteiger partial charge in [0, 0.05) is 24.8 Å². The molecule has 15 heavy (non-hydrogen) atoms. The van der Waals surface area contributed by atoms with Crippen LogP contribution in [-0.4, -0.2) is 83.7 Å². The average molecular weight is 256 g/mol. The van der Waals surface area contributed by atoms with Gasteiger partial charge in [-0.1, -0.05) is 0 Å². The zero-order valence-corrected chi connectivity index (χ0v) is 11.0.